The van der Waals surface area contributed by atoms with E-state index in [1.54, 1.807) is 0 Å². The second kappa shape index (κ2) is 2.74. The monoisotopic (exact) mass is 193 g/mol. The van der Waals surface area contributed by atoms with Crippen LogP contribution in [-0.2, 0) is 4.79 Å². The zero-order valence-corrected chi connectivity index (χ0v) is 8.88. The molecule has 2 heteroatoms. The van der Waals surface area contributed by atoms with E-state index in [2.05, 4.69) is 12.2 Å². The van der Waals surface area contributed by atoms with Crippen molar-refractivity contribution in [2.45, 2.75) is 51.0 Å². The highest BCUT2D eigenvalue weighted by molar-refractivity contribution is 5.81. The molecule has 0 aliphatic heterocycles. The van der Waals surface area contributed by atoms with Gasteiger partial charge in [0.25, 0.3) is 0 Å². The zero-order chi connectivity index (χ0) is 9.76. The molecule has 0 heterocycles. The first-order valence-corrected chi connectivity index (χ1v) is 6.04. The van der Waals surface area contributed by atoms with E-state index < -0.39 is 0 Å². The molecule has 1 atom stereocenters. The van der Waals surface area contributed by atoms with Crippen molar-refractivity contribution < 1.29 is 4.79 Å². The van der Waals surface area contributed by atoms with Crippen LogP contribution in [0.5, 0.6) is 0 Å². The molecule has 0 aromatic carbocycles. The van der Waals surface area contributed by atoms with Gasteiger partial charge in [-0.25, -0.2) is 0 Å². The summed E-state index contributed by atoms with van der Waals surface area (Å²) in [6.45, 7) is 2.28. The normalized spacial score (nSPS) is 44.6. The molecule has 2 nitrogen and oxygen atoms in total. The SMILES string of the molecule is CCC1CC2(NC(=O)C3CC3)CC1C2. The van der Waals surface area contributed by atoms with Crippen LogP contribution in [0.3, 0.4) is 0 Å². The van der Waals surface area contributed by atoms with Gasteiger partial charge in [0.05, 0.1) is 0 Å². The van der Waals surface area contributed by atoms with Crippen LogP contribution in [0.15, 0.2) is 0 Å². The van der Waals surface area contributed by atoms with Gasteiger partial charge in [0.2, 0.25) is 5.91 Å². The topological polar surface area (TPSA) is 29.1 Å². The maximum Gasteiger partial charge on any atom is 0.223 e. The number of hydrogen-bond donors (Lipinski definition) is 1. The number of amides is 1. The minimum Gasteiger partial charge on any atom is -0.350 e. The second-order valence-electron chi connectivity index (χ2n) is 5.58. The Labute approximate surface area is 85.4 Å². The van der Waals surface area contributed by atoms with Gasteiger partial charge in [-0.3, -0.25) is 4.79 Å². The number of fused-ring (bicyclic) bond motifs is 1. The summed E-state index contributed by atoms with van der Waals surface area (Å²) in [6.07, 6.45) is 7.34. The Balaban J connectivity index is 1.61. The van der Waals surface area contributed by atoms with Crippen LogP contribution in [0.2, 0.25) is 0 Å². The van der Waals surface area contributed by atoms with E-state index in [1.807, 2.05) is 0 Å². The van der Waals surface area contributed by atoms with E-state index >= 15 is 0 Å². The van der Waals surface area contributed by atoms with E-state index in [0.717, 1.165) is 24.7 Å². The minimum atomic E-state index is 0.255. The number of rotatable bonds is 3. The van der Waals surface area contributed by atoms with Gasteiger partial charge in [0.1, 0.15) is 0 Å². The highest BCUT2D eigenvalue weighted by Crippen LogP contribution is 2.56. The molecule has 4 rings (SSSR count). The molecule has 0 saturated heterocycles. The smallest absolute Gasteiger partial charge is 0.223 e. The van der Waals surface area contributed by atoms with E-state index in [0.29, 0.717) is 11.8 Å². The van der Waals surface area contributed by atoms with Crippen molar-refractivity contribution in [2.75, 3.05) is 0 Å². The van der Waals surface area contributed by atoms with Gasteiger partial charge in [0.15, 0.2) is 0 Å². The Kier molecular flexibility index (Phi) is 1.71. The van der Waals surface area contributed by atoms with Gasteiger partial charge in [-0.05, 0) is 43.9 Å². The predicted molar refractivity (Wildman–Crippen MR) is 54.7 cm³/mol. The van der Waals surface area contributed by atoms with Gasteiger partial charge in [0, 0.05) is 11.5 Å². The fourth-order valence-electron chi connectivity index (χ4n) is 3.45. The molecule has 0 radical (unpaired) electrons. The van der Waals surface area contributed by atoms with Gasteiger partial charge < -0.3 is 5.32 Å². The molecule has 4 aliphatic carbocycles. The van der Waals surface area contributed by atoms with Crippen molar-refractivity contribution in [3.05, 3.63) is 0 Å². The molecule has 4 fully saturated rings. The first kappa shape index (κ1) is 8.75. The highest BCUT2D eigenvalue weighted by Gasteiger charge is 2.56. The molecule has 4 aliphatic rings. The van der Waals surface area contributed by atoms with Crippen molar-refractivity contribution in [1.82, 2.24) is 5.32 Å². The zero-order valence-electron chi connectivity index (χ0n) is 8.88. The Morgan fingerprint density at radius 1 is 1.36 bits per heavy atom. The van der Waals surface area contributed by atoms with E-state index in [9.17, 15) is 4.79 Å². The summed E-state index contributed by atoms with van der Waals surface area (Å²) in [7, 11) is 0. The molecule has 1 amide bonds. The third kappa shape index (κ3) is 1.19. The maximum atomic E-state index is 11.7. The van der Waals surface area contributed by atoms with Crippen molar-refractivity contribution in [2.24, 2.45) is 17.8 Å². The summed E-state index contributed by atoms with van der Waals surface area (Å²) in [6, 6.07) is 0. The van der Waals surface area contributed by atoms with E-state index in [1.165, 1.54) is 25.7 Å². The fourth-order valence-corrected chi connectivity index (χ4v) is 3.45. The molecule has 0 aromatic rings. The lowest BCUT2D eigenvalue weighted by molar-refractivity contribution is -0.125. The average molecular weight is 193 g/mol. The van der Waals surface area contributed by atoms with Crippen LogP contribution in [0, 0.1) is 17.8 Å². The molecular formula is C12H19NO. The van der Waals surface area contributed by atoms with Crippen LogP contribution < -0.4 is 5.32 Å². The van der Waals surface area contributed by atoms with Gasteiger partial charge in [-0.15, -0.1) is 0 Å². The van der Waals surface area contributed by atoms with Crippen LogP contribution in [0.1, 0.15) is 45.4 Å². The number of carbonyl (C=O) groups excluding carboxylic acids is 1. The molecule has 4 saturated carbocycles. The molecule has 78 valence electrons. The lowest BCUT2D eigenvalue weighted by Gasteiger charge is -2.39. The van der Waals surface area contributed by atoms with Gasteiger partial charge in [-0.2, -0.15) is 0 Å². The average Bonchev–Trinajstić information content (AvgIpc) is 2.83. The standard InChI is InChI=1S/C12H19NO/c1-2-8-5-12(6-10(8)7-12)13-11(14)9-3-4-9/h8-10H,2-7H2,1H3,(H,13,14). The molecule has 1 unspecified atom stereocenters. The van der Waals surface area contributed by atoms with Crippen LogP contribution in [0.4, 0.5) is 0 Å². The van der Waals surface area contributed by atoms with Gasteiger partial charge in [-0.1, -0.05) is 13.3 Å². The summed E-state index contributed by atoms with van der Waals surface area (Å²) in [5.41, 5.74) is 0.255. The molecular weight excluding hydrogens is 174 g/mol. The first-order valence-electron chi connectivity index (χ1n) is 6.04. The third-order valence-corrected chi connectivity index (χ3v) is 4.49. The summed E-state index contributed by atoms with van der Waals surface area (Å²) < 4.78 is 0. The Hall–Kier alpha value is -0.530. The maximum absolute atomic E-state index is 11.7. The Morgan fingerprint density at radius 2 is 2.07 bits per heavy atom. The van der Waals surface area contributed by atoms with Crippen molar-refractivity contribution in [3.63, 3.8) is 0 Å². The summed E-state index contributed by atoms with van der Waals surface area (Å²) in [4.78, 5) is 11.7. The third-order valence-electron chi connectivity index (χ3n) is 4.49. The minimum absolute atomic E-state index is 0.255. The lowest BCUT2D eigenvalue weighted by atomic mass is 9.76. The number of carbonyl (C=O) groups is 1. The molecule has 0 spiro atoms. The molecule has 2 bridgehead atoms. The van der Waals surface area contributed by atoms with Crippen LogP contribution in [0.25, 0.3) is 0 Å². The molecule has 14 heavy (non-hydrogen) atoms. The first-order chi connectivity index (χ1) is 6.72. The number of nitrogens with one attached hydrogen (secondary N) is 1. The fraction of sp³-hybridized carbons (Fsp3) is 0.917. The quantitative estimate of drug-likeness (QED) is 0.730. The number of hydrogen-bond acceptors (Lipinski definition) is 1. The van der Waals surface area contributed by atoms with Crippen LogP contribution in [-0.4, -0.2) is 11.4 Å². The van der Waals surface area contributed by atoms with Crippen LogP contribution >= 0.6 is 0 Å². The van der Waals surface area contributed by atoms with E-state index in [-0.39, 0.29) is 5.54 Å². The van der Waals surface area contributed by atoms with Crippen molar-refractivity contribution in [1.29, 1.82) is 0 Å². The Bertz CT molecular complexity index is 263. The summed E-state index contributed by atoms with van der Waals surface area (Å²) >= 11 is 0. The predicted octanol–water partition coefficient (Wildman–Crippen LogP) is 2.09. The summed E-state index contributed by atoms with van der Waals surface area (Å²) in [5.74, 6) is 2.55. The van der Waals surface area contributed by atoms with Crippen molar-refractivity contribution >= 4 is 5.91 Å². The Morgan fingerprint density at radius 3 is 2.57 bits per heavy atom. The van der Waals surface area contributed by atoms with Gasteiger partial charge >= 0.3 is 0 Å². The highest BCUT2D eigenvalue weighted by atomic mass is 16.2. The van der Waals surface area contributed by atoms with E-state index in [4.69, 9.17) is 0 Å². The van der Waals surface area contributed by atoms with Crippen molar-refractivity contribution in [3.8, 4) is 0 Å². The molecule has 0 aromatic heterocycles. The summed E-state index contributed by atoms with van der Waals surface area (Å²) in [5, 5.41) is 3.31. The molecule has 1 N–H and O–H groups in total. The largest absolute Gasteiger partial charge is 0.350 e. The lowest BCUT2D eigenvalue weighted by Crippen LogP contribution is -2.52. The second-order valence-corrected chi connectivity index (χ2v) is 5.58.